The fourth-order valence-electron chi connectivity index (χ4n) is 2.91. The van der Waals surface area contributed by atoms with Crippen molar-refractivity contribution in [1.82, 2.24) is 9.21 Å². The van der Waals surface area contributed by atoms with Gasteiger partial charge in [0.2, 0.25) is 15.9 Å². The molecule has 1 saturated heterocycles. The number of benzene rings is 2. The second kappa shape index (κ2) is 8.52. The third kappa shape index (κ3) is 4.67. The number of hydrogen-bond donors (Lipinski definition) is 1. The molecular formula is C18H18ClF2N3O3S. The lowest BCUT2D eigenvalue weighted by Gasteiger charge is -2.33. The molecule has 28 heavy (non-hydrogen) atoms. The highest BCUT2D eigenvalue weighted by Gasteiger charge is 2.30. The quantitative estimate of drug-likeness (QED) is 0.793. The molecule has 0 bridgehead atoms. The maximum absolute atomic E-state index is 13.8. The molecule has 0 aromatic heterocycles. The Morgan fingerprint density at radius 3 is 2.39 bits per heavy atom. The summed E-state index contributed by atoms with van der Waals surface area (Å²) in [6.45, 7) is 0.794. The van der Waals surface area contributed by atoms with Gasteiger partial charge in [0.25, 0.3) is 0 Å². The van der Waals surface area contributed by atoms with E-state index in [1.165, 1.54) is 34.6 Å². The molecule has 2 aromatic rings. The predicted molar refractivity (Wildman–Crippen MR) is 102 cm³/mol. The van der Waals surface area contributed by atoms with Gasteiger partial charge in [-0.15, -0.1) is 0 Å². The number of rotatable bonds is 5. The second-order valence-electron chi connectivity index (χ2n) is 6.28. The molecule has 0 unspecified atom stereocenters. The van der Waals surface area contributed by atoms with Crippen LogP contribution in [0, 0.1) is 11.6 Å². The van der Waals surface area contributed by atoms with Gasteiger partial charge in [0, 0.05) is 31.2 Å². The Kier molecular flexibility index (Phi) is 6.29. The van der Waals surface area contributed by atoms with Crippen LogP contribution in [0.2, 0.25) is 5.02 Å². The summed E-state index contributed by atoms with van der Waals surface area (Å²) in [5.41, 5.74) is -0.0155. The number of piperazine rings is 1. The summed E-state index contributed by atoms with van der Waals surface area (Å²) < 4.78 is 53.9. The molecule has 6 nitrogen and oxygen atoms in total. The van der Waals surface area contributed by atoms with Crippen molar-refractivity contribution in [2.24, 2.45) is 0 Å². The monoisotopic (exact) mass is 429 g/mol. The first-order valence-corrected chi connectivity index (χ1v) is 10.3. The van der Waals surface area contributed by atoms with Gasteiger partial charge in [-0.25, -0.2) is 17.2 Å². The SMILES string of the molecule is O=C(CN1CCN(S(=O)(=O)c2ccccc2F)CC1)Nc1cc(Cl)ccc1F. The van der Waals surface area contributed by atoms with E-state index in [0.717, 1.165) is 12.1 Å². The number of nitrogens with one attached hydrogen (secondary N) is 1. The lowest BCUT2D eigenvalue weighted by Crippen LogP contribution is -2.50. The minimum absolute atomic E-state index is 0.0155. The number of carbonyl (C=O) groups excluding carboxylic acids is 1. The van der Waals surface area contributed by atoms with Crippen LogP contribution in [0.5, 0.6) is 0 Å². The Bertz CT molecular complexity index is 980. The lowest BCUT2D eigenvalue weighted by atomic mass is 10.3. The first-order valence-electron chi connectivity index (χ1n) is 8.49. The molecule has 1 aliphatic rings. The highest BCUT2D eigenvalue weighted by atomic mass is 35.5. The van der Waals surface area contributed by atoms with Crippen LogP contribution in [0.4, 0.5) is 14.5 Å². The van der Waals surface area contributed by atoms with Crippen LogP contribution in [0.15, 0.2) is 47.4 Å². The zero-order chi connectivity index (χ0) is 20.3. The van der Waals surface area contributed by atoms with Crippen molar-refractivity contribution in [3.8, 4) is 0 Å². The summed E-state index contributed by atoms with van der Waals surface area (Å²) in [7, 11) is -3.94. The Balaban J connectivity index is 1.57. The van der Waals surface area contributed by atoms with Gasteiger partial charge in [0.15, 0.2) is 0 Å². The number of anilines is 1. The summed E-state index contributed by atoms with van der Waals surface area (Å²) in [5.74, 6) is -1.84. The molecule has 2 aromatic carbocycles. The molecule has 1 amide bonds. The normalized spacial score (nSPS) is 16.1. The molecule has 150 valence electrons. The number of carbonyl (C=O) groups is 1. The summed E-state index contributed by atoms with van der Waals surface area (Å²) >= 11 is 5.80. The van der Waals surface area contributed by atoms with Gasteiger partial charge in [-0.2, -0.15) is 4.31 Å². The molecular weight excluding hydrogens is 412 g/mol. The van der Waals surface area contributed by atoms with Crippen molar-refractivity contribution >= 4 is 33.2 Å². The summed E-state index contributed by atoms with van der Waals surface area (Å²) in [4.78, 5) is 13.5. The van der Waals surface area contributed by atoms with E-state index < -0.39 is 27.6 Å². The summed E-state index contributed by atoms with van der Waals surface area (Å²) in [6.07, 6.45) is 0. The second-order valence-corrected chi connectivity index (χ2v) is 8.63. The number of nitrogens with zero attached hydrogens (tertiary/aromatic N) is 2. The maximum atomic E-state index is 13.8. The average molecular weight is 430 g/mol. The van der Waals surface area contributed by atoms with E-state index >= 15 is 0 Å². The van der Waals surface area contributed by atoms with E-state index in [-0.39, 0.29) is 30.2 Å². The van der Waals surface area contributed by atoms with E-state index in [1.54, 1.807) is 4.90 Å². The molecule has 1 fully saturated rings. The first kappa shape index (κ1) is 20.7. The number of halogens is 3. The van der Waals surface area contributed by atoms with Crippen molar-refractivity contribution in [2.75, 3.05) is 38.0 Å². The standard InChI is InChI=1S/C18H18ClF2N3O3S/c19-13-5-6-14(20)16(11-13)22-18(25)12-23-7-9-24(10-8-23)28(26,27)17-4-2-1-3-15(17)21/h1-6,11H,7-10,12H2,(H,22,25). The van der Waals surface area contributed by atoms with Crippen molar-refractivity contribution in [3.63, 3.8) is 0 Å². The zero-order valence-corrected chi connectivity index (χ0v) is 16.3. The molecule has 0 saturated carbocycles. The van der Waals surface area contributed by atoms with E-state index in [4.69, 9.17) is 11.6 Å². The van der Waals surface area contributed by atoms with Gasteiger partial charge in [-0.05, 0) is 30.3 Å². The lowest BCUT2D eigenvalue weighted by molar-refractivity contribution is -0.117. The van der Waals surface area contributed by atoms with Crippen molar-refractivity contribution < 1.29 is 22.0 Å². The number of amides is 1. The molecule has 10 heteroatoms. The van der Waals surface area contributed by atoms with Gasteiger partial charge in [-0.3, -0.25) is 9.69 Å². The van der Waals surface area contributed by atoms with E-state index in [1.807, 2.05) is 0 Å². The van der Waals surface area contributed by atoms with Gasteiger partial charge in [0.1, 0.15) is 16.5 Å². The third-order valence-electron chi connectivity index (χ3n) is 4.36. The molecule has 0 spiro atoms. The van der Waals surface area contributed by atoms with Gasteiger partial charge < -0.3 is 5.32 Å². The van der Waals surface area contributed by atoms with E-state index in [9.17, 15) is 22.0 Å². The molecule has 3 rings (SSSR count). The van der Waals surface area contributed by atoms with Crippen LogP contribution in [-0.4, -0.2) is 56.3 Å². The largest absolute Gasteiger partial charge is 0.322 e. The molecule has 0 radical (unpaired) electrons. The summed E-state index contributed by atoms with van der Waals surface area (Å²) in [5, 5.41) is 2.75. The van der Waals surface area contributed by atoms with Crippen LogP contribution in [0.1, 0.15) is 0 Å². The fourth-order valence-corrected chi connectivity index (χ4v) is 4.57. The summed E-state index contributed by atoms with van der Waals surface area (Å²) in [6, 6.07) is 9.06. The van der Waals surface area contributed by atoms with Gasteiger partial charge in [0.05, 0.1) is 12.2 Å². The van der Waals surface area contributed by atoms with Crippen LogP contribution >= 0.6 is 11.6 Å². The highest BCUT2D eigenvalue weighted by molar-refractivity contribution is 7.89. The van der Waals surface area contributed by atoms with Crippen LogP contribution < -0.4 is 5.32 Å². The maximum Gasteiger partial charge on any atom is 0.246 e. The first-order chi connectivity index (χ1) is 13.3. The minimum atomic E-state index is -3.94. The van der Waals surface area contributed by atoms with Gasteiger partial charge >= 0.3 is 0 Å². The highest BCUT2D eigenvalue weighted by Crippen LogP contribution is 2.21. The zero-order valence-electron chi connectivity index (χ0n) is 14.7. The molecule has 0 aliphatic carbocycles. The number of hydrogen-bond acceptors (Lipinski definition) is 4. The third-order valence-corrected chi connectivity index (χ3v) is 6.52. The minimum Gasteiger partial charge on any atom is -0.322 e. The predicted octanol–water partition coefficient (Wildman–Crippen LogP) is 2.56. The van der Waals surface area contributed by atoms with Crippen LogP contribution in [-0.2, 0) is 14.8 Å². The molecule has 1 N–H and O–H groups in total. The Morgan fingerprint density at radius 2 is 1.71 bits per heavy atom. The van der Waals surface area contributed by atoms with Crippen LogP contribution in [0.3, 0.4) is 0 Å². The van der Waals surface area contributed by atoms with Crippen molar-refractivity contribution in [1.29, 1.82) is 0 Å². The Hall–Kier alpha value is -2.07. The Labute approximate surface area is 166 Å². The van der Waals surface area contributed by atoms with E-state index in [0.29, 0.717) is 18.1 Å². The average Bonchev–Trinajstić information content (AvgIpc) is 2.65. The smallest absolute Gasteiger partial charge is 0.246 e. The molecule has 1 aliphatic heterocycles. The van der Waals surface area contributed by atoms with Gasteiger partial charge in [-0.1, -0.05) is 23.7 Å². The Morgan fingerprint density at radius 1 is 1.04 bits per heavy atom. The molecule has 1 heterocycles. The van der Waals surface area contributed by atoms with Crippen LogP contribution in [0.25, 0.3) is 0 Å². The number of sulfonamides is 1. The van der Waals surface area contributed by atoms with Crippen molar-refractivity contribution in [2.45, 2.75) is 4.90 Å². The molecule has 0 atom stereocenters. The fraction of sp³-hybridized carbons (Fsp3) is 0.278. The van der Waals surface area contributed by atoms with E-state index in [2.05, 4.69) is 5.32 Å². The topological polar surface area (TPSA) is 69.7 Å². The van der Waals surface area contributed by atoms with Crippen molar-refractivity contribution in [3.05, 3.63) is 59.1 Å².